The molecule has 0 bridgehead atoms. The zero-order valence-electron chi connectivity index (χ0n) is 13.4. The number of nitrogens with zero attached hydrogens (tertiary/aromatic N) is 6. The Morgan fingerprint density at radius 3 is 2.92 bits per heavy atom. The Kier molecular flexibility index (Phi) is 3.61. The first kappa shape index (κ1) is 14.9. The molecule has 0 unspecified atom stereocenters. The van der Waals surface area contributed by atoms with Crippen LogP contribution in [0.2, 0.25) is 0 Å². The summed E-state index contributed by atoms with van der Waals surface area (Å²) >= 11 is 1.49. The van der Waals surface area contributed by atoms with E-state index in [4.69, 9.17) is 0 Å². The Bertz CT molecular complexity index is 915. The maximum absolute atomic E-state index is 12.7. The molecule has 4 rings (SSSR count). The SMILES string of the molecule is Cc1nc(C(=O)N2CCc3ncnc(-c4cnn(C)c4)c3C2)cs1. The minimum absolute atomic E-state index is 0.0361. The van der Waals surface area contributed by atoms with E-state index >= 15 is 0 Å². The van der Waals surface area contributed by atoms with Crippen molar-refractivity contribution in [2.24, 2.45) is 7.05 Å². The van der Waals surface area contributed by atoms with Crippen molar-refractivity contribution in [2.75, 3.05) is 6.54 Å². The molecule has 1 aliphatic heterocycles. The van der Waals surface area contributed by atoms with E-state index in [1.807, 2.05) is 30.4 Å². The van der Waals surface area contributed by atoms with E-state index in [9.17, 15) is 4.79 Å². The third-order valence-electron chi connectivity index (χ3n) is 4.11. The minimum atomic E-state index is -0.0361. The number of thiazole rings is 1. The zero-order valence-corrected chi connectivity index (χ0v) is 14.2. The first-order chi connectivity index (χ1) is 11.6. The predicted molar refractivity (Wildman–Crippen MR) is 89.5 cm³/mol. The standard InChI is InChI=1S/C16H16N6OS/c1-10-20-14(8-24-10)16(23)22-4-3-13-12(7-22)15(18-9-17-13)11-5-19-21(2)6-11/h5-6,8-9H,3-4,7H2,1-2H3. The molecule has 0 atom stereocenters. The van der Waals surface area contributed by atoms with Crippen LogP contribution in [0.5, 0.6) is 0 Å². The van der Waals surface area contributed by atoms with Crippen molar-refractivity contribution in [1.82, 2.24) is 29.6 Å². The highest BCUT2D eigenvalue weighted by atomic mass is 32.1. The highest BCUT2D eigenvalue weighted by Gasteiger charge is 2.26. The molecule has 0 aromatic carbocycles. The lowest BCUT2D eigenvalue weighted by Crippen LogP contribution is -2.37. The van der Waals surface area contributed by atoms with Gasteiger partial charge in [-0.2, -0.15) is 5.10 Å². The zero-order chi connectivity index (χ0) is 16.7. The van der Waals surface area contributed by atoms with Gasteiger partial charge in [-0.1, -0.05) is 0 Å². The van der Waals surface area contributed by atoms with Crippen molar-refractivity contribution in [3.63, 3.8) is 0 Å². The first-order valence-electron chi connectivity index (χ1n) is 7.65. The van der Waals surface area contributed by atoms with E-state index < -0.39 is 0 Å². The molecule has 0 spiro atoms. The Balaban J connectivity index is 1.68. The molecule has 122 valence electrons. The summed E-state index contributed by atoms with van der Waals surface area (Å²) in [5.74, 6) is -0.0361. The van der Waals surface area contributed by atoms with Gasteiger partial charge < -0.3 is 4.90 Å². The van der Waals surface area contributed by atoms with Gasteiger partial charge in [0.15, 0.2) is 0 Å². The summed E-state index contributed by atoms with van der Waals surface area (Å²) in [6, 6.07) is 0. The number of rotatable bonds is 2. The van der Waals surface area contributed by atoms with Crippen LogP contribution in [0.3, 0.4) is 0 Å². The van der Waals surface area contributed by atoms with Gasteiger partial charge in [-0.3, -0.25) is 9.48 Å². The number of hydrogen-bond acceptors (Lipinski definition) is 6. The molecule has 3 aromatic rings. The van der Waals surface area contributed by atoms with Crippen LogP contribution < -0.4 is 0 Å². The number of fused-ring (bicyclic) bond motifs is 1. The van der Waals surface area contributed by atoms with Crippen LogP contribution in [-0.2, 0) is 20.0 Å². The molecule has 0 saturated carbocycles. The van der Waals surface area contributed by atoms with E-state index in [1.165, 1.54) is 11.3 Å². The van der Waals surface area contributed by atoms with Gasteiger partial charge >= 0.3 is 0 Å². The lowest BCUT2D eigenvalue weighted by molar-refractivity contribution is 0.0728. The predicted octanol–water partition coefficient (Wildman–Crippen LogP) is 1.84. The largest absolute Gasteiger partial charge is 0.332 e. The molecule has 0 aliphatic carbocycles. The molecule has 1 amide bonds. The summed E-state index contributed by atoms with van der Waals surface area (Å²) in [6.07, 6.45) is 6.02. The molecule has 0 saturated heterocycles. The average molecular weight is 340 g/mol. The number of amides is 1. The van der Waals surface area contributed by atoms with Crippen LogP contribution in [-0.4, -0.2) is 42.1 Å². The number of carbonyl (C=O) groups is 1. The molecule has 8 heteroatoms. The van der Waals surface area contributed by atoms with Crippen LogP contribution in [0.4, 0.5) is 0 Å². The molecule has 7 nitrogen and oxygen atoms in total. The molecule has 1 aliphatic rings. The lowest BCUT2D eigenvalue weighted by atomic mass is 10.0. The van der Waals surface area contributed by atoms with Crippen molar-refractivity contribution in [2.45, 2.75) is 19.9 Å². The Morgan fingerprint density at radius 2 is 2.21 bits per heavy atom. The van der Waals surface area contributed by atoms with Gasteiger partial charge in [0.05, 0.1) is 22.6 Å². The number of hydrogen-bond donors (Lipinski definition) is 0. The van der Waals surface area contributed by atoms with Crippen molar-refractivity contribution in [3.05, 3.63) is 46.1 Å². The molecule has 4 heterocycles. The van der Waals surface area contributed by atoms with Crippen LogP contribution >= 0.6 is 11.3 Å². The Hall–Kier alpha value is -2.61. The van der Waals surface area contributed by atoms with E-state index in [2.05, 4.69) is 20.1 Å². The molecular weight excluding hydrogens is 324 g/mol. The summed E-state index contributed by atoms with van der Waals surface area (Å²) in [7, 11) is 1.87. The number of aryl methyl sites for hydroxylation is 2. The van der Waals surface area contributed by atoms with Gasteiger partial charge in [-0.05, 0) is 6.92 Å². The number of carbonyl (C=O) groups excluding carboxylic acids is 1. The Morgan fingerprint density at radius 1 is 1.33 bits per heavy atom. The van der Waals surface area contributed by atoms with Gasteiger partial charge in [0.1, 0.15) is 12.0 Å². The highest BCUT2D eigenvalue weighted by molar-refractivity contribution is 7.09. The normalized spacial score (nSPS) is 13.8. The monoisotopic (exact) mass is 340 g/mol. The number of aromatic nitrogens is 5. The molecule has 24 heavy (non-hydrogen) atoms. The fraction of sp³-hybridized carbons (Fsp3) is 0.312. The van der Waals surface area contributed by atoms with E-state index in [0.29, 0.717) is 18.8 Å². The van der Waals surface area contributed by atoms with Crippen molar-refractivity contribution in [3.8, 4) is 11.3 Å². The third kappa shape index (κ3) is 2.58. The summed E-state index contributed by atoms with van der Waals surface area (Å²) in [5, 5.41) is 6.93. The quantitative estimate of drug-likeness (QED) is 0.711. The second-order valence-electron chi connectivity index (χ2n) is 5.78. The van der Waals surface area contributed by atoms with Gasteiger partial charge in [0, 0.05) is 49.3 Å². The van der Waals surface area contributed by atoms with Gasteiger partial charge in [0.25, 0.3) is 5.91 Å². The minimum Gasteiger partial charge on any atom is -0.332 e. The lowest BCUT2D eigenvalue weighted by Gasteiger charge is -2.28. The van der Waals surface area contributed by atoms with E-state index in [0.717, 1.165) is 33.9 Å². The smallest absolute Gasteiger partial charge is 0.273 e. The molecular formula is C16H16N6OS. The fourth-order valence-electron chi connectivity index (χ4n) is 2.93. The fourth-order valence-corrected chi connectivity index (χ4v) is 3.52. The van der Waals surface area contributed by atoms with Crippen molar-refractivity contribution >= 4 is 17.2 Å². The average Bonchev–Trinajstić information content (AvgIpc) is 3.21. The molecule has 3 aromatic heterocycles. The van der Waals surface area contributed by atoms with Gasteiger partial charge in [-0.25, -0.2) is 15.0 Å². The Labute approximate surface area is 143 Å². The molecule has 0 radical (unpaired) electrons. The van der Waals surface area contributed by atoms with Crippen molar-refractivity contribution < 1.29 is 4.79 Å². The van der Waals surface area contributed by atoms with Crippen LogP contribution in [0.1, 0.15) is 26.8 Å². The highest BCUT2D eigenvalue weighted by Crippen LogP contribution is 2.27. The second-order valence-corrected chi connectivity index (χ2v) is 6.84. The summed E-state index contributed by atoms with van der Waals surface area (Å²) < 4.78 is 1.74. The van der Waals surface area contributed by atoms with E-state index in [-0.39, 0.29) is 5.91 Å². The maximum atomic E-state index is 12.7. The summed E-state index contributed by atoms with van der Waals surface area (Å²) in [6.45, 7) is 3.04. The summed E-state index contributed by atoms with van der Waals surface area (Å²) in [5.41, 5.74) is 4.30. The van der Waals surface area contributed by atoms with Gasteiger partial charge in [-0.15, -0.1) is 11.3 Å². The topological polar surface area (TPSA) is 76.8 Å². The van der Waals surface area contributed by atoms with Crippen LogP contribution in [0, 0.1) is 6.92 Å². The van der Waals surface area contributed by atoms with Crippen LogP contribution in [0.15, 0.2) is 24.1 Å². The second kappa shape index (κ2) is 5.79. The van der Waals surface area contributed by atoms with Crippen molar-refractivity contribution in [1.29, 1.82) is 0 Å². The first-order valence-corrected chi connectivity index (χ1v) is 8.53. The maximum Gasteiger partial charge on any atom is 0.273 e. The third-order valence-corrected chi connectivity index (χ3v) is 4.88. The van der Waals surface area contributed by atoms with Gasteiger partial charge in [0.2, 0.25) is 0 Å². The molecule has 0 N–H and O–H groups in total. The summed E-state index contributed by atoms with van der Waals surface area (Å²) in [4.78, 5) is 27.6. The molecule has 0 fully saturated rings. The van der Waals surface area contributed by atoms with Crippen LogP contribution in [0.25, 0.3) is 11.3 Å². The van der Waals surface area contributed by atoms with E-state index in [1.54, 1.807) is 17.2 Å².